The predicted molar refractivity (Wildman–Crippen MR) is 125 cm³/mol. The van der Waals surface area contributed by atoms with E-state index in [9.17, 15) is 4.79 Å². The Labute approximate surface area is 190 Å². The lowest BCUT2D eigenvalue weighted by Crippen LogP contribution is -2.15. The quantitative estimate of drug-likeness (QED) is 0.390. The highest BCUT2D eigenvalue weighted by molar-refractivity contribution is 6.34. The third-order valence-corrected chi connectivity index (χ3v) is 5.52. The molecule has 0 aliphatic carbocycles. The van der Waals surface area contributed by atoms with Crippen molar-refractivity contribution < 1.29 is 4.79 Å². The van der Waals surface area contributed by atoms with Gasteiger partial charge in [-0.25, -0.2) is 9.67 Å². The Morgan fingerprint density at radius 2 is 1.68 bits per heavy atom. The second kappa shape index (κ2) is 8.53. The molecule has 5 nitrogen and oxygen atoms in total. The summed E-state index contributed by atoms with van der Waals surface area (Å²) in [6.07, 6.45) is 0. The van der Waals surface area contributed by atoms with E-state index in [-0.39, 0.29) is 5.82 Å². The molecule has 0 bridgehead atoms. The van der Waals surface area contributed by atoms with Gasteiger partial charge in [-0.1, -0.05) is 53.0 Å². The van der Waals surface area contributed by atoms with Crippen molar-refractivity contribution in [2.45, 2.75) is 20.8 Å². The lowest BCUT2D eigenvalue weighted by molar-refractivity contribution is 0.101. The van der Waals surface area contributed by atoms with Crippen molar-refractivity contribution >= 4 is 34.8 Å². The first-order valence-corrected chi connectivity index (χ1v) is 10.5. The summed E-state index contributed by atoms with van der Waals surface area (Å²) in [6.45, 7) is 5.91. The summed E-state index contributed by atoms with van der Waals surface area (Å²) in [5, 5.41) is 8.46. The molecule has 0 radical (unpaired) electrons. The number of nitrogens with zero attached hydrogens (tertiary/aromatic N) is 3. The normalized spacial score (nSPS) is 10.9. The van der Waals surface area contributed by atoms with Crippen LogP contribution in [0.1, 0.15) is 27.3 Å². The fourth-order valence-electron chi connectivity index (χ4n) is 3.36. The van der Waals surface area contributed by atoms with Crippen molar-refractivity contribution in [1.82, 2.24) is 14.8 Å². The molecule has 3 aromatic carbocycles. The monoisotopic (exact) mass is 450 g/mol. The predicted octanol–water partition coefficient (Wildman–Crippen LogP) is 6.42. The number of hydrogen-bond acceptors (Lipinski definition) is 3. The molecule has 156 valence electrons. The molecule has 4 aromatic rings. The molecule has 0 fully saturated rings. The van der Waals surface area contributed by atoms with E-state index in [1.807, 2.05) is 57.2 Å². The van der Waals surface area contributed by atoms with Gasteiger partial charge >= 0.3 is 0 Å². The van der Waals surface area contributed by atoms with Crippen molar-refractivity contribution in [1.29, 1.82) is 0 Å². The zero-order chi connectivity index (χ0) is 22.1. The maximum atomic E-state index is 13.0. The van der Waals surface area contributed by atoms with Gasteiger partial charge in [0.15, 0.2) is 5.82 Å². The molecular weight excluding hydrogens is 431 g/mol. The third-order valence-electron chi connectivity index (χ3n) is 4.95. The third kappa shape index (κ3) is 4.33. The Morgan fingerprint density at radius 1 is 0.935 bits per heavy atom. The first-order chi connectivity index (χ1) is 14.8. The number of nitrogens with one attached hydrogen (secondary N) is 1. The Kier molecular flexibility index (Phi) is 5.81. The van der Waals surface area contributed by atoms with Crippen LogP contribution in [0.3, 0.4) is 0 Å². The summed E-state index contributed by atoms with van der Waals surface area (Å²) >= 11 is 12.3. The minimum atomic E-state index is -0.435. The Bertz CT molecular complexity index is 1260. The van der Waals surface area contributed by atoms with Crippen LogP contribution in [0, 0.1) is 20.8 Å². The minimum absolute atomic E-state index is 0.0456. The molecule has 0 aliphatic heterocycles. The second-order valence-electron chi connectivity index (χ2n) is 7.35. The molecule has 1 amide bonds. The zero-order valence-corrected chi connectivity index (χ0v) is 18.8. The van der Waals surface area contributed by atoms with Crippen LogP contribution in [0.15, 0.2) is 60.7 Å². The van der Waals surface area contributed by atoms with Crippen molar-refractivity contribution in [3.63, 3.8) is 0 Å². The maximum absolute atomic E-state index is 13.0. The number of carbonyl (C=O) groups excluding carboxylic acids is 1. The summed E-state index contributed by atoms with van der Waals surface area (Å²) in [6, 6.07) is 18.7. The van der Waals surface area contributed by atoms with Crippen molar-refractivity contribution in [3.8, 4) is 17.1 Å². The van der Waals surface area contributed by atoms with E-state index < -0.39 is 5.91 Å². The smallest absolute Gasteiger partial charge is 0.295 e. The highest BCUT2D eigenvalue weighted by Gasteiger charge is 2.21. The van der Waals surface area contributed by atoms with Crippen LogP contribution in [0.5, 0.6) is 0 Å². The molecule has 0 spiro atoms. The van der Waals surface area contributed by atoms with Gasteiger partial charge in [0.2, 0.25) is 5.82 Å². The Morgan fingerprint density at radius 3 is 2.35 bits per heavy atom. The number of amides is 1. The first kappa shape index (κ1) is 21.1. The average Bonchev–Trinajstić information content (AvgIpc) is 3.16. The van der Waals surface area contributed by atoms with Gasteiger partial charge in [-0.05, 0) is 68.3 Å². The summed E-state index contributed by atoms with van der Waals surface area (Å²) in [5.74, 6) is 0.156. The van der Waals surface area contributed by atoms with Crippen LogP contribution in [0.25, 0.3) is 17.1 Å². The molecule has 4 rings (SSSR count). The summed E-state index contributed by atoms with van der Waals surface area (Å²) in [7, 11) is 0. The number of carbonyl (C=O) groups is 1. The van der Waals surface area contributed by atoms with Crippen LogP contribution in [-0.2, 0) is 0 Å². The van der Waals surface area contributed by atoms with Gasteiger partial charge in [-0.15, -0.1) is 5.10 Å². The summed E-state index contributed by atoms with van der Waals surface area (Å²) in [5.41, 5.74) is 5.20. The van der Waals surface area contributed by atoms with E-state index >= 15 is 0 Å². The number of aryl methyl sites for hydroxylation is 3. The van der Waals surface area contributed by atoms with Crippen molar-refractivity contribution in [2.24, 2.45) is 0 Å². The molecule has 0 saturated carbocycles. The number of rotatable bonds is 4. The largest absolute Gasteiger partial charge is 0.318 e. The van der Waals surface area contributed by atoms with Crippen LogP contribution in [0.4, 0.5) is 5.69 Å². The highest BCUT2D eigenvalue weighted by atomic mass is 35.5. The number of halogens is 2. The molecule has 0 atom stereocenters. The SMILES string of the molecule is Cc1ccc(-n2nc(C(=O)Nc3c(C)cccc3Cl)nc2-c2ccc(Cl)cc2)c(C)c1. The topological polar surface area (TPSA) is 59.8 Å². The van der Waals surface area contributed by atoms with Crippen LogP contribution in [0.2, 0.25) is 10.0 Å². The molecule has 7 heteroatoms. The van der Waals surface area contributed by atoms with E-state index in [1.54, 1.807) is 22.9 Å². The number of aromatic nitrogens is 3. The van der Waals surface area contributed by atoms with Gasteiger partial charge in [-0.2, -0.15) is 0 Å². The molecule has 1 heterocycles. The van der Waals surface area contributed by atoms with Gasteiger partial charge in [0.1, 0.15) is 0 Å². The van der Waals surface area contributed by atoms with Gasteiger partial charge in [0.25, 0.3) is 5.91 Å². The lowest BCUT2D eigenvalue weighted by atomic mass is 10.1. The first-order valence-electron chi connectivity index (χ1n) is 9.70. The number of benzene rings is 3. The van der Waals surface area contributed by atoms with E-state index in [0.717, 1.165) is 27.9 Å². The van der Waals surface area contributed by atoms with Crippen LogP contribution < -0.4 is 5.32 Å². The fourth-order valence-corrected chi connectivity index (χ4v) is 3.76. The van der Waals surface area contributed by atoms with E-state index in [4.69, 9.17) is 23.2 Å². The van der Waals surface area contributed by atoms with Crippen molar-refractivity contribution in [3.05, 3.63) is 93.2 Å². The number of anilines is 1. The van der Waals surface area contributed by atoms with Crippen LogP contribution in [-0.4, -0.2) is 20.7 Å². The minimum Gasteiger partial charge on any atom is -0.318 e. The maximum Gasteiger partial charge on any atom is 0.295 e. The standard InChI is InChI=1S/C24H20Cl2N4O/c1-14-7-12-20(16(3)13-14)30-23(17-8-10-18(25)11-9-17)28-22(29-30)24(31)27-21-15(2)5-4-6-19(21)26/h4-13H,1-3H3,(H,27,31). The molecule has 1 N–H and O–H groups in total. The van der Waals surface area contributed by atoms with Gasteiger partial charge in [0.05, 0.1) is 16.4 Å². The van der Waals surface area contributed by atoms with E-state index in [1.165, 1.54) is 0 Å². The fraction of sp³-hybridized carbons (Fsp3) is 0.125. The molecule has 31 heavy (non-hydrogen) atoms. The molecule has 0 unspecified atom stereocenters. The van der Waals surface area contributed by atoms with Gasteiger partial charge in [0, 0.05) is 10.6 Å². The van der Waals surface area contributed by atoms with Crippen molar-refractivity contribution in [2.75, 3.05) is 5.32 Å². The van der Waals surface area contributed by atoms with Gasteiger partial charge < -0.3 is 5.32 Å². The molecular formula is C24H20Cl2N4O. The van der Waals surface area contributed by atoms with E-state index in [2.05, 4.69) is 21.5 Å². The summed E-state index contributed by atoms with van der Waals surface area (Å²) < 4.78 is 1.69. The second-order valence-corrected chi connectivity index (χ2v) is 8.20. The Hall–Kier alpha value is -3.15. The summed E-state index contributed by atoms with van der Waals surface area (Å²) in [4.78, 5) is 17.6. The highest BCUT2D eigenvalue weighted by Crippen LogP contribution is 2.28. The zero-order valence-electron chi connectivity index (χ0n) is 17.3. The van der Waals surface area contributed by atoms with E-state index in [0.29, 0.717) is 21.6 Å². The van der Waals surface area contributed by atoms with Gasteiger partial charge in [-0.3, -0.25) is 4.79 Å². The van der Waals surface area contributed by atoms with Crippen LogP contribution >= 0.6 is 23.2 Å². The number of para-hydroxylation sites is 1. The number of hydrogen-bond donors (Lipinski definition) is 1. The Balaban J connectivity index is 1.81. The molecule has 0 aliphatic rings. The average molecular weight is 451 g/mol. The molecule has 1 aromatic heterocycles. The lowest BCUT2D eigenvalue weighted by Gasteiger charge is -2.10. The molecule has 0 saturated heterocycles.